The summed E-state index contributed by atoms with van der Waals surface area (Å²) in [6.45, 7) is 0.970. The molecular weight excluding hydrogens is 346 g/mol. The monoisotopic (exact) mass is 365 g/mol. The van der Waals surface area contributed by atoms with Gasteiger partial charge in [0.05, 0.1) is 3.79 Å². The van der Waals surface area contributed by atoms with Crippen molar-refractivity contribution in [2.75, 3.05) is 24.7 Å². The summed E-state index contributed by atoms with van der Waals surface area (Å²) in [5.74, 6) is 2.02. The summed E-state index contributed by atoms with van der Waals surface area (Å²) in [5, 5.41) is 11.5. The molecule has 1 heterocycles. The lowest BCUT2D eigenvalue weighted by atomic mass is 10.2. The molecule has 0 bridgehead atoms. The molecular formula is C13H20BrNO2S2. The van der Waals surface area contributed by atoms with Gasteiger partial charge < -0.3 is 10.4 Å². The van der Waals surface area contributed by atoms with Crippen LogP contribution in [0.25, 0.3) is 0 Å². The number of aliphatic hydroxyl groups excluding tert-OH is 1. The third-order valence-corrected chi connectivity index (χ3v) is 5.22. The number of nitrogens with one attached hydrogen (secondary N) is 1. The molecule has 0 unspecified atom stereocenters. The fourth-order valence-corrected chi connectivity index (χ4v) is 3.84. The molecule has 0 saturated carbocycles. The van der Waals surface area contributed by atoms with Crippen LogP contribution in [0.4, 0.5) is 0 Å². The first kappa shape index (κ1) is 17.0. The fourth-order valence-electron chi connectivity index (χ4n) is 1.53. The van der Waals surface area contributed by atoms with E-state index >= 15 is 0 Å². The number of aliphatic hydroxyl groups is 1. The largest absolute Gasteiger partial charge is 0.396 e. The summed E-state index contributed by atoms with van der Waals surface area (Å²) in [7, 11) is 0. The third kappa shape index (κ3) is 8.68. The summed E-state index contributed by atoms with van der Waals surface area (Å²) in [4.78, 5) is 12.9. The van der Waals surface area contributed by atoms with Gasteiger partial charge in [-0.15, -0.1) is 11.3 Å². The zero-order chi connectivity index (χ0) is 13.9. The van der Waals surface area contributed by atoms with Crippen LogP contribution in [0.5, 0.6) is 0 Å². The maximum Gasteiger partial charge on any atom is 0.220 e. The van der Waals surface area contributed by atoms with Crippen LogP contribution >= 0.6 is 39.0 Å². The van der Waals surface area contributed by atoms with Crippen LogP contribution in [0.2, 0.25) is 0 Å². The van der Waals surface area contributed by atoms with Gasteiger partial charge in [-0.05, 0) is 53.1 Å². The highest BCUT2D eigenvalue weighted by molar-refractivity contribution is 9.11. The minimum absolute atomic E-state index is 0.137. The summed E-state index contributed by atoms with van der Waals surface area (Å²) in [6, 6.07) is 4.15. The van der Waals surface area contributed by atoms with Gasteiger partial charge in [-0.3, -0.25) is 4.79 Å². The Morgan fingerprint density at radius 2 is 2.21 bits per heavy atom. The van der Waals surface area contributed by atoms with Crippen molar-refractivity contribution in [3.8, 4) is 0 Å². The molecule has 0 saturated heterocycles. The van der Waals surface area contributed by atoms with Gasteiger partial charge in [0, 0.05) is 30.2 Å². The molecule has 0 aromatic carbocycles. The van der Waals surface area contributed by atoms with E-state index in [0.29, 0.717) is 6.42 Å². The van der Waals surface area contributed by atoms with Crippen molar-refractivity contribution in [3.05, 3.63) is 20.8 Å². The molecule has 0 fully saturated rings. The van der Waals surface area contributed by atoms with Crippen LogP contribution in [0.15, 0.2) is 15.9 Å². The number of amides is 1. The van der Waals surface area contributed by atoms with Crippen LogP contribution in [-0.2, 0) is 11.2 Å². The lowest BCUT2D eigenvalue weighted by Gasteiger charge is -2.04. The van der Waals surface area contributed by atoms with Crippen molar-refractivity contribution in [2.45, 2.75) is 25.7 Å². The Morgan fingerprint density at radius 3 is 2.89 bits per heavy atom. The first-order valence-corrected chi connectivity index (χ1v) is 9.18. The molecule has 0 spiro atoms. The highest BCUT2D eigenvalue weighted by atomic mass is 79.9. The number of hydrogen-bond acceptors (Lipinski definition) is 4. The smallest absolute Gasteiger partial charge is 0.220 e. The predicted molar refractivity (Wildman–Crippen MR) is 87.0 cm³/mol. The quantitative estimate of drug-likeness (QED) is 0.626. The molecule has 108 valence electrons. The number of halogens is 1. The SMILES string of the molecule is O=C(CCCc1ccc(Br)s1)NCCSCCCO. The van der Waals surface area contributed by atoms with Crippen molar-refractivity contribution in [3.63, 3.8) is 0 Å². The van der Waals surface area contributed by atoms with E-state index in [1.807, 2.05) is 6.07 Å². The Hall–Kier alpha value is -0.0400. The van der Waals surface area contributed by atoms with E-state index in [-0.39, 0.29) is 12.5 Å². The van der Waals surface area contributed by atoms with E-state index in [1.165, 1.54) is 4.88 Å². The number of aryl methyl sites for hydroxylation is 1. The van der Waals surface area contributed by atoms with Gasteiger partial charge in [0.15, 0.2) is 0 Å². The molecule has 0 aliphatic carbocycles. The lowest BCUT2D eigenvalue weighted by Crippen LogP contribution is -2.25. The molecule has 1 aromatic heterocycles. The molecule has 0 radical (unpaired) electrons. The number of thioether (sulfide) groups is 1. The van der Waals surface area contributed by atoms with Gasteiger partial charge in [-0.2, -0.15) is 11.8 Å². The van der Waals surface area contributed by atoms with Crippen LogP contribution in [-0.4, -0.2) is 35.7 Å². The zero-order valence-electron chi connectivity index (χ0n) is 10.9. The molecule has 0 aliphatic heterocycles. The van der Waals surface area contributed by atoms with Crippen molar-refractivity contribution in [1.29, 1.82) is 0 Å². The Bertz CT molecular complexity index is 371. The maximum absolute atomic E-state index is 11.6. The van der Waals surface area contributed by atoms with Gasteiger partial charge in [0.2, 0.25) is 5.91 Å². The van der Waals surface area contributed by atoms with E-state index < -0.39 is 0 Å². The van der Waals surface area contributed by atoms with Crippen molar-refractivity contribution >= 4 is 44.9 Å². The Labute approximate surface area is 131 Å². The average Bonchev–Trinajstić information content (AvgIpc) is 2.79. The number of hydrogen-bond donors (Lipinski definition) is 2. The summed E-state index contributed by atoms with van der Waals surface area (Å²) < 4.78 is 1.15. The Balaban J connectivity index is 1.96. The zero-order valence-corrected chi connectivity index (χ0v) is 14.1. The van der Waals surface area contributed by atoms with Crippen molar-refractivity contribution in [1.82, 2.24) is 5.32 Å². The van der Waals surface area contributed by atoms with Gasteiger partial charge in [-0.1, -0.05) is 0 Å². The molecule has 3 nitrogen and oxygen atoms in total. The second kappa shape index (κ2) is 10.7. The van der Waals surface area contributed by atoms with Gasteiger partial charge in [0.25, 0.3) is 0 Å². The molecule has 1 rings (SSSR count). The highest BCUT2D eigenvalue weighted by Gasteiger charge is 2.02. The standard InChI is InChI=1S/C13H20BrNO2S2/c14-12-6-5-11(19-12)3-1-4-13(17)15-7-10-18-9-2-8-16/h5-6,16H,1-4,7-10H2,(H,15,17). The molecule has 0 aliphatic rings. The van der Waals surface area contributed by atoms with Crippen LogP contribution in [0.3, 0.4) is 0 Å². The molecule has 1 aromatic rings. The summed E-state index contributed by atoms with van der Waals surface area (Å²) >= 11 is 6.93. The van der Waals surface area contributed by atoms with E-state index in [1.54, 1.807) is 23.1 Å². The van der Waals surface area contributed by atoms with Gasteiger partial charge in [-0.25, -0.2) is 0 Å². The lowest BCUT2D eigenvalue weighted by molar-refractivity contribution is -0.121. The number of carbonyl (C=O) groups excluding carboxylic acids is 1. The number of thiophene rings is 1. The summed E-state index contributed by atoms with van der Waals surface area (Å²) in [6.07, 6.45) is 3.29. The van der Waals surface area contributed by atoms with E-state index in [4.69, 9.17) is 5.11 Å². The molecule has 1 amide bonds. The van der Waals surface area contributed by atoms with Crippen molar-refractivity contribution < 1.29 is 9.90 Å². The highest BCUT2D eigenvalue weighted by Crippen LogP contribution is 2.23. The average molecular weight is 366 g/mol. The Morgan fingerprint density at radius 1 is 1.37 bits per heavy atom. The minimum Gasteiger partial charge on any atom is -0.396 e. The normalized spacial score (nSPS) is 10.6. The van der Waals surface area contributed by atoms with E-state index in [2.05, 4.69) is 27.3 Å². The van der Waals surface area contributed by atoms with Gasteiger partial charge in [0.1, 0.15) is 0 Å². The van der Waals surface area contributed by atoms with Crippen molar-refractivity contribution in [2.24, 2.45) is 0 Å². The number of carbonyl (C=O) groups is 1. The van der Waals surface area contributed by atoms with Crippen LogP contribution < -0.4 is 5.32 Å². The van der Waals surface area contributed by atoms with E-state index in [0.717, 1.165) is 41.1 Å². The summed E-state index contributed by atoms with van der Waals surface area (Å²) in [5.41, 5.74) is 0. The third-order valence-electron chi connectivity index (χ3n) is 2.47. The topological polar surface area (TPSA) is 49.3 Å². The molecule has 2 N–H and O–H groups in total. The minimum atomic E-state index is 0.137. The molecule has 6 heteroatoms. The van der Waals surface area contributed by atoms with Crippen LogP contribution in [0.1, 0.15) is 24.1 Å². The maximum atomic E-state index is 11.6. The molecule has 19 heavy (non-hydrogen) atoms. The van der Waals surface area contributed by atoms with Crippen LogP contribution in [0, 0.1) is 0 Å². The fraction of sp³-hybridized carbons (Fsp3) is 0.615. The first-order valence-electron chi connectivity index (χ1n) is 6.42. The second-order valence-electron chi connectivity index (χ2n) is 4.10. The second-order valence-corrected chi connectivity index (χ2v) is 7.87. The van der Waals surface area contributed by atoms with E-state index in [9.17, 15) is 4.79 Å². The predicted octanol–water partition coefficient (Wildman–Crippen LogP) is 3.07. The first-order chi connectivity index (χ1) is 9.22. The molecule has 0 atom stereocenters. The number of rotatable bonds is 10. The Kier molecular flexibility index (Phi) is 9.59. The van der Waals surface area contributed by atoms with Gasteiger partial charge >= 0.3 is 0 Å².